The molecule has 2 rings (SSSR count). The molecule has 0 spiro atoms. The Hall–Kier alpha value is -2.11. The van der Waals surface area contributed by atoms with E-state index in [-0.39, 0.29) is 11.3 Å². The van der Waals surface area contributed by atoms with Crippen molar-refractivity contribution in [2.75, 3.05) is 5.32 Å². The van der Waals surface area contributed by atoms with E-state index < -0.39 is 17.6 Å². The molecule has 1 heterocycles. The van der Waals surface area contributed by atoms with Crippen LogP contribution in [0.3, 0.4) is 0 Å². The van der Waals surface area contributed by atoms with E-state index in [0.717, 1.165) is 15.9 Å². The molecule has 0 saturated heterocycles. The molecule has 0 saturated carbocycles. The topological polar surface area (TPSA) is 52.9 Å². The second-order valence-corrected chi connectivity index (χ2v) is 6.84. The monoisotopic (exact) mass is 400 g/mol. The Balaban J connectivity index is 2.21. The van der Waals surface area contributed by atoms with E-state index in [1.54, 1.807) is 18.2 Å². The summed E-state index contributed by atoms with van der Waals surface area (Å²) >= 11 is 4.58. The molecule has 3 nitrogen and oxygen atoms in total. The summed E-state index contributed by atoms with van der Waals surface area (Å²) in [5, 5.41) is 11.4. The Morgan fingerprint density at radius 3 is 2.61 bits per heavy atom. The van der Waals surface area contributed by atoms with Crippen LogP contribution < -0.4 is 5.32 Å². The number of rotatable bonds is 3. The minimum atomic E-state index is -4.50. The summed E-state index contributed by atoms with van der Waals surface area (Å²) in [6.45, 7) is 0. The number of halogens is 4. The molecule has 23 heavy (non-hydrogen) atoms. The van der Waals surface area contributed by atoms with Crippen molar-refractivity contribution < 1.29 is 18.0 Å². The number of amides is 1. The van der Waals surface area contributed by atoms with Gasteiger partial charge >= 0.3 is 6.18 Å². The summed E-state index contributed by atoms with van der Waals surface area (Å²) < 4.78 is 38.8. The minimum Gasteiger partial charge on any atom is -0.321 e. The average Bonchev–Trinajstić information content (AvgIpc) is 2.89. The fourth-order valence-corrected chi connectivity index (χ4v) is 3.04. The Labute approximate surface area is 142 Å². The van der Waals surface area contributed by atoms with Gasteiger partial charge in [0.15, 0.2) is 0 Å². The summed E-state index contributed by atoms with van der Waals surface area (Å²) in [4.78, 5) is 12.7. The van der Waals surface area contributed by atoms with Gasteiger partial charge in [0, 0.05) is 10.6 Å². The van der Waals surface area contributed by atoms with Crippen LogP contribution in [0, 0.1) is 11.3 Å². The van der Waals surface area contributed by atoms with Crippen LogP contribution >= 0.6 is 27.3 Å². The van der Waals surface area contributed by atoms with Crippen LogP contribution in [0.2, 0.25) is 0 Å². The molecule has 0 fully saturated rings. The highest BCUT2D eigenvalue weighted by Gasteiger charge is 2.30. The first-order valence-electron chi connectivity index (χ1n) is 6.15. The van der Waals surface area contributed by atoms with Crippen molar-refractivity contribution in [3.05, 3.63) is 56.2 Å². The number of nitrogens with zero attached hydrogens (tertiary/aromatic N) is 1. The molecule has 1 amide bonds. The van der Waals surface area contributed by atoms with Crippen molar-refractivity contribution >= 4 is 44.9 Å². The molecule has 1 aromatic carbocycles. The van der Waals surface area contributed by atoms with Crippen LogP contribution in [0.25, 0.3) is 6.08 Å². The van der Waals surface area contributed by atoms with Crippen molar-refractivity contribution in [3.63, 3.8) is 0 Å². The van der Waals surface area contributed by atoms with Crippen LogP contribution in [-0.2, 0) is 11.0 Å². The third-order valence-electron chi connectivity index (χ3n) is 2.69. The number of carbonyl (C=O) groups excluding carboxylic acids is 1. The maximum atomic E-state index is 12.6. The van der Waals surface area contributed by atoms with E-state index in [9.17, 15) is 18.0 Å². The second-order valence-electron chi connectivity index (χ2n) is 4.34. The highest BCUT2D eigenvalue weighted by Crippen LogP contribution is 2.31. The number of thiophene rings is 1. The molecular formula is C15H8BrF3N2OS. The lowest BCUT2D eigenvalue weighted by atomic mass is 10.1. The van der Waals surface area contributed by atoms with Crippen LogP contribution in [0.5, 0.6) is 0 Å². The van der Waals surface area contributed by atoms with Crippen molar-refractivity contribution in [2.24, 2.45) is 0 Å². The van der Waals surface area contributed by atoms with E-state index in [1.165, 1.54) is 29.5 Å². The molecule has 0 bridgehead atoms. The van der Waals surface area contributed by atoms with Gasteiger partial charge in [-0.1, -0.05) is 6.07 Å². The number of carbonyl (C=O) groups is 1. The van der Waals surface area contributed by atoms with Gasteiger partial charge in [-0.25, -0.2) is 0 Å². The van der Waals surface area contributed by atoms with Crippen LogP contribution in [0.4, 0.5) is 18.9 Å². The lowest BCUT2D eigenvalue weighted by Crippen LogP contribution is -2.14. The predicted molar refractivity (Wildman–Crippen MR) is 85.7 cm³/mol. The number of anilines is 1. The molecule has 0 radical (unpaired) electrons. The standard InChI is InChI=1S/C15H8BrF3N2OS/c16-13-5-4-12(23-13)6-9(8-20)14(22)21-11-3-1-2-10(7-11)15(17,18)19/h1-7H,(H,21,22). The molecule has 1 aromatic heterocycles. The Morgan fingerprint density at radius 1 is 1.30 bits per heavy atom. The number of alkyl halides is 3. The molecule has 2 aromatic rings. The third kappa shape index (κ3) is 4.68. The zero-order valence-corrected chi connectivity index (χ0v) is 13.7. The Bertz CT molecular complexity index is 806. The third-order valence-corrected chi connectivity index (χ3v) is 4.26. The summed E-state index contributed by atoms with van der Waals surface area (Å²) in [7, 11) is 0. The van der Waals surface area contributed by atoms with Crippen LogP contribution in [-0.4, -0.2) is 5.91 Å². The predicted octanol–water partition coefficient (Wildman–Crippen LogP) is 5.08. The SMILES string of the molecule is N#CC(=Cc1ccc(Br)s1)C(=O)Nc1cccc(C(F)(F)F)c1. The van der Waals surface area contributed by atoms with E-state index >= 15 is 0 Å². The Morgan fingerprint density at radius 2 is 2.04 bits per heavy atom. The summed E-state index contributed by atoms with van der Waals surface area (Å²) in [5.41, 5.74) is -1.10. The normalized spacial score (nSPS) is 11.9. The first-order chi connectivity index (χ1) is 10.8. The maximum Gasteiger partial charge on any atom is 0.416 e. The number of hydrogen-bond donors (Lipinski definition) is 1. The van der Waals surface area contributed by atoms with Gasteiger partial charge in [-0.05, 0) is 52.3 Å². The lowest BCUT2D eigenvalue weighted by Gasteiger charge is -2.09. The fraction of sp³-hybridized carbons (Fsp3) is 0.0667. The van der Waals surface area contributed by atoms with Gasteiger partial charge in [0.25, 0.3) is 5.91 Å². The van der Waals surface area contributed by atoms with Crippen LogP contribution in [0.1, 0.15) is 10.4 Å². The van der Waals surface area contributed by atoms with Gasteiger partial charge < -0.3 is 5.32 Å². The van der Waals surface area contributed by atoms with Crippen molar-refractivity contribution in [2.45, 2.75) is 6.18 Å². The minimum absolute atomic E-state index is 0.0293. The highest BCUT2D eigenvalue weighted by molar-refractivity contribution is 9.11. The number of nitrogens with one attached hydrogen (secondary N) is 1. The van der Waals surface area contributed by atoms with E-state index in [2.05, 4.69) is 21.2 Å². The van der Waals surface area contributed by atoms with Gasteiger partial charge in [-0.2, -0.15) is 18.4 Å². The zero-order chi connectivity index (χ0) is 17.0. The summed E-state index contributed by atoms with van der Waals surface area (Å²) in [5.74, 6) is -0.767. The van der Waals surface area contributed by atoms with Gasteiger partial charge in [-0.15, -0.1) is 11.3 Å². The van der Waals surface area contributed by atoms with E-state index in [1.807, 2.05) is 0 Å². The largest absolute Gasteiger partial charge is 0.416 e. The van der Waals surface area contributed by atoms with Gasteiger partial charge in [0.1, 0.15) is 11.6 Å². The molecule has 1 N–H and O–H groups in total. The molecule has 8 heteroatoms. The lowest BCUT2D eigenvalue weighted by molar-refractivity contribution is -0.137. The number of nitriles is 1. The van der Waals surface area contributed by atoms with Gasteiger partial charge in [-0.3, -0.25) is 4.79 Å². The van der Waals surface area contributed by atoms with Crippen molar-refractivity contribution in [1.82, 2.24) is 0 Å². The zero-order valence-electron chi connectivity index (χ0n) is 11.3. The highest BCUT2D eigenvalue weighted by atomic mass is 79.9. The van der Waals surface area contributed by atoms with Crippen molar-refractivity contribution in [1.29, 1.82) is 5.26 Å². The molecule has 0 unspecified atom stereocenters. The second kappa shape index (κ2) is 6.98. The first-order valence-corrected chi connectivity index (χ1v) is 7.76. The smallest absolute Gasteiger partial charge is 0.321 e. The van der Waals surface area contributed by atoms with Crippen molar-refractivity contribution in [3.8, 4) is 6.07 Å². The summed E-state index contributed by atoms with van der Waals surface area (Å²) in [6.07, 6.45) is -3.13. The molecule has 0 aliphatic heterocycles. The quantitative estimate of drug-likeness (QED) is 0.577. The van der Waals surface area contributed by atoms with Crippen LogP contribution in [0.15, 0.2) is 45.8 Å². The first kappa shape index (κ1) is 17.2. The maximum absolute atomic E-state index is 12.6. The molecule has 0 atom stereocenters. The molecular weight excluding hydrogens is 393 g/mol. The Kier molecular flexibility index (Phi) is 5.23. The fourth-order valence-electron chi connectivity index (χ4n) is 1.67. The number of hydrogen-bond acceptors (Lipinski definition) is 3. The molecule has 0 aliphatic rings. The molecule has 118 valence electrons. The molecule has 0 aliphatic carbocycles. The van der Waals surface area contributed by atoms with Gasteiger partial charge in [0.05, 0.1) is 9.35 Å². The number of benzene rings is 1. The summed E-state index contributed by atoms with van der Waals surface area (Å²) in [6, 6.07) is 9.44. The van der Waals surface area contributed by atoms with Gasteiger partial charge in [0.2, 0.25) is 0 Å². The van der Waals surface area contributed by atoms with E-state index in [0.29, 0.717) is 4.88 Å². The average molecular weight is 401 g/mol. The van der Waals surface area contributed by atoms with E-state index in [4.69, 9.17) is 5.26 Å².